The Hall–Kier alpha value is -1.36. The Labute approximate surface area is 82.5 Å². The Bertz CT molecular complexity index is 309. The predicted molar refractivity (Wildman–Crippen MR) is 52.8 cm³/mol. The largest absolute Gasteiger partial charge is 0.323 e. The third-order valence-corrected chi connectivity index (χ3v) is 2.53. The number of H-pyrrole nitrogens is 1. The van der Waals surface area contributed by atoms with E-state index in [9.17, 15) is 4.79 Å². The van der Waals surface area contributed by atoms with Gasteiger partial charge >= 0.3 is 0 Å². The van der Waals surface area contributed by atoms with Gasteiger partial charge in [-0.25, -0.2) is 0 Å². The van der Waals surface area contributed by atoms with Crippen LogP contribution in [0.5, 0.6) is 0 Å². The number of hydrogen-bond donors (Lipinski definition) is 2. The molecule has 1 aromatic heterocycles. The molecule has 5 nitrogen and oxygen atoms in total. The minimum Gasteiger partial charge on any atom is -0.323 e. The first-order valence-corrected chi connectivity index (χ1v) is 4.74. The van der Waals surface area contributed by atoms with Crippen LogP contribution in [0, 0.1) is 5.92 Å². The van der Waals surface area contributed by atoms with E-state index < -0.39 is 0 Å². The molecule has 14 heavy (non-hydrogen) atoms. The molecular formula is C9H14N4O. The molecule has 2 heterocycles. The monoisotopic (exact) mass is 194 g/mol. The number of amides is 1. The molecule has 2 N–H and O–H groups in total. The lowest BCUT2D eigenvalue weighted by molar-refractivity contribution is -0.119. The highest BCUT2D eigenvalue weighted by Crippen LogP contribution is 2.16. The average Bonchev–Trinajstić information content (AvgIpc) is 2.75. The van der Waals surface area contributed by atoms with E-state index in [4.69, 9.17) is 0 Å². The fourth-order valence-corrected chi connectivity index (χ4v) is 1.71. The molecule has 1 amide bonds. The standard InChI is InChI=1S/C9H14N4O/c1-13-3-2-7(6-13)9(14)12-8-4-10-11-5-8/h4-5,7H,2-3,6H2,1H3,(H,10,11)(H,12,14). The average molecular weight is 194 g/mol. The molecule has 1 fully saturated rings. The molecule has 76 valence electrons. The molecule has 0 radical (unpaired) electrons. The normalized spacial score (nSPS) is 22.5. The minimum absolute atomic E-state index is 0.0933. The number of aromatic nitrogens is 2. The van der Waals surface area contributed by atoms with Crippen LogP contribution in [0.2, 0.25) is 0 Å². The molecule has 0 aliphatic carbocycles. The number of likely N-dealkylation sites (tertiary alicyclic amines) is 1. The van der Waals surface area contributed by atoms with Gasteiger partial charge in [-0.1, -0.05) is 0 Å². The highest BCUT2D eigenvalue weighted by Gasteiger charge is 2.25. The van der Waals surface area contributed by atoms with Crippen molar-refractivity contribution in [2.24, 2.45) is 5.92 Å². The molecule has 0 aromatic carbocycles. The van der Waals surface area contributed by atoms with Crippen LogP contribution in [0.3, 0.4) is 0 Å². The Kier molecular flexibility index (Phi) is 2.49. The van der Waals surface area contributed by atoms with Crippen LogP contribution >= 0.6 is 0 Å². The molecule has 2 rings (SSSR count). The number of aromatic amines is 1. The molecule has 1 aromatic rings. The quantitative estimate of drug-likeness (QED) is 0.711. The number of anilines is 1. The molecule has 1 aliphatic heterocycles. The summed E-state index contributed by atoms with van der Waals surface area (Å²) in [6.07, 6.45) is 4.23. The fraction of sp³-hybridized carbons (Fsp3) is 0.556. The smallest absolute Gasteiger partial charge is 0.228 e. The summed E-state index contributed by atoms with van der Waals surface area (Å²) >= 11 is 0. The third-order valence-electron chi connectivity index (χ3n) is 2.53. The van der Waals surface area contributed by atoms with Crippen LogP contribution in [-0.4, -0.2) is 41.1 Å². The van der Waals surface area contributed by atoms with Gasteiger partial charge in [0.15, 0.2) is 0 Å². The summed E-state index contributed by atoms with van der Waals surface area (Å²) < 4.78 is 0. The van der Waals surface area contributed by atoms with E-state index in [1.807, 2.05) is 7.05 Å². The Morgan fingerprint density at radius 1 is 1.79 bits per heavy atom. The molecule has 1 unspecified atom stereocenters. The first kappa shape index (κ1) is 9.21. The van der Waals surface area contributed by atoms with Crippen LogP contribution in [0.25, 0.3) is 0 Å². The molecule has 0 spiro atoms. The van der Waals surface area contributed by atoms with E-state index in [0.29, 0.717) is 0 Å². The van der Waals surface area contributed by atoms with Crippen molar-refractivity contribution in [3.8, 4) is 0 Å². The van der Waals surface area contributed by atoms with Crippen LogP contribution in [-0.2, 0) is 4.79 Å². The molecule has 0 bridgehead atoms. The molecule has 1 aliphatic rings. The van der Waals surface area contributed by atoms with E-state index in [-0.39, 0.29) is 11.8 Å². The Morgan fingerprint density at radius 3 is 3.21 bits per heavy atom. The first-order chi connectivity index (χ1) is 6.75. The van der Waals surface area contributed by atoms with Crippen molar-refractivity contribution >= 4 is 11.6 Å². The molecule has 1 atom stereocenters. The lowest BCUT2D eigenvalue weighted by atomic mass is 10.1. The second-order valence-corrected chi connectivity index (χ2v) is 3.72. The first-order valence-electron chi connectivity index (χ1n) is 4.74. The van der Waals surface area contributed by atoms with E-state index in [2.05, 4.69) is 20.4 Å². The highest BCUT2D eigenvalue weighted by atomic mass is 16.1. The SMILES string of the molecule is CN1CCC(C(=O)Nc2cn[nH]c2)C1. The zero-order chi connectivity index (χ0) is 9.97. The summed E-state index contributed by atoms with van der Waals surface area (Å²) in [7, 11) is 2.03. The van der Waals surface area contributed by atoms with Crippen molar-refractivity contribution < 1.29 is 4.79 Å². The summed E-state index contributed by atoms with van der Waals surface area (Å²) in [6.45, 7) is 1.85. The Balaban J connectivity index is 1.90. The number of carbonyl (C=O) groups is 1. The van der Waals surface area contributed by atoms with E-state index in [1.165, 1.54) is 0 Å². The van der Waals surface area contributed by atoms with Gasteiger partial charge in [0.25, 0.3) is 0 Å². The van der Waals surface area contributed by atoms with Crippen LogP contribution in [0.4, 0.5) is 5.69 Å². The number of hydrogen-bond acceptors (Lipinski definition) is 3. The zero-order valence-corrected chi connectivity index (χ0v) is 8.16. The van der Waals surface area contributed by atoms with Gasteiger partial charge < -0.3 is 10.2 Å². The van der Waals surface area contributed by atoms with E-state index >= 15 is 0 Å². The van der Waals surface area contributed by atoms with Crippen molar-refractivity contribution in [3.63, 3.8) is 0 Å². The van der Waals surface area contributed by atoms with Gasteiger partial charge in [0.05, 0.1) is 17.8 Å². The van der Waals surface area contributed by atoms with Gasteiger partial charge in [-0.3, -0.25) is 9.89 Å². The second kappa shape index (κ2) is 3.79. The number of carbonyl (C=O) groups excluding carboxylic acids is 1. The number of nitrogens with one attached hydrogen (secondary N) is 2. The van der Waals surface area contributed by atoms with Crippen molar-refractivity contribution in [3.05, 3.63) is 12.4 Å². The maximum Gasteiger partial charge on any atom is 0.228 e. The van der Waals surface area contributed by atoms with Gasteiger partial charge in [-0.15, -0.1) is 0 Å². The van der Waals surface area contributed by atoms with Crippen LogP contribution in [0.15, 0.2) is 12.4 Å². The van der Waals surface area contributed by atoms with Crippen molar-refractivity contribution in [2.75, 3.05) is 25.5 Å². The summed E-state index contributed by atoms with van der Waals surface area (Å²) in [6, 6.07) is 0. The van der Waals surface area contributed by atoms with Crippen LogP contribution < -0.4 is 5.32 Å². The summed E-state index contributed by atoms with van der Waals surface area (Å²) in [5.41, 5.74) is 0.740. The second-order valence-electron chi connectivity index (χ2n) is 3.72. The fourth-order valence-electron chi connectivity index (χ4n) is 1.71. The molecule has 5 heteroatoms. The lowest BCUT2D eigenvalue weighted by Crippen LogP contribution is -2.25. The number of rotatable bonds is 2. The van der Waals surface area contributed by atoms with Gasteiger partial charge in [-0.05, 0) is 20.0 Å². The van der Waals surface area contributed by atoms with Crippen LogP contribution in [0.1, 0.15) is 6.42 Å². The minimum atomic E-state index is 0.0933. The van der Waals surface area contributed by atoms with Gasteiger partial charge in [0.2, 0.25) is 5.91 Å². The van der Waals surface area contributed by atoms with Gasteiger partial charge in [0, 0.05) is 12.7 Å². The van der Waals surface area contributed by atoms with Crippen molar-refractivity contribution in [1.29, 1.82) is 0 Å². The lowest BCUT2D eigenvalue weighted by Gasteiger charge is -2.09. The van der Waals surface area contributed by atoms with Crippen molar-refractivity contribution in [2.45, 2.75) is 6.42 Å². The summed E-state index contributed by atoms with van der Waals surface area (Å²) in [5, 5.41) is 9.25. The topological polar surface area (TPSA) is 61.0 Å². The third kappa shape index (κ3) is 1.93. The molecular weight excluding hydrogens is 180 g/mol. The molecule has 1 saturated heterocycles. The number of nitrogens with zero attached hydrogens (tertiary/aromatic N) is 2. The maximum atomic E-state index is 11.7. The Morgan fingerprint density at radius 2 is 2.64 bits per heavy atom. The van der Waals surface area contributed by atoms with Gasteiger partial charge in [0.1, 0.15) is 0 Å². The van der Waals surface area contributed by atoms with E-state index in [1.54, 1.807) is 12.4 Å². The highest BCUT2D eigenvalue weighted by molar-refractivity contribution is 5.92. The predicted octanol–water partition coefficient (Wildman–Crippen LogP) is 0.300. The van der Waals surface area contributed by atoms with Crippen molar-refractivity contribution in [1.82, 2.24) is 15.1 Å². The van der Waals surface area contributed by atoms with E-state index in [0.717, 1.165) is 25.2 Å². The molecule has 0 saturated carbocycles. The summed E-state index contributed by atoms with van der Waals surface area (Å²) in [5.74, 6) is 0.214. The zero-order valence-electron chi connectivity index (χ0n) is 8.16. The van der Waals surface area contributed by atoms with Gasteiger partial charge in [-0.2, -0.15) is 5.10 Å². The maximum absolute atomic E-state index is 11.7. The summed E-state index contributed by atoms with van der Waals surface area (Å²) in [4.78, 5) is 13.8.